The van der Waals surface area contributed by atoms with Crippen LogP contribution < -0.4 is 20.5 Å². The van der Waals surface area contributed by atoms with Crippen molar-refractivity contribution in [2.45, 2.75) is 26.2 Å². The summed E-state index contributed by atoms with van der Waals surface area (Å²) in [6.45, 7) is 2.26. The number of nitrogens with one attached hydrogen (secondary N) is 2. The second-order valence-electron chi connectivity index (χ2n) is 8.71. The highest BCUT2D eigenvalue weighted by molar-refractivity contribution is 7.13. The maximum atomic E-state index is 13.3. The second-order valence-corrected chi connectivity index (χ2v) is 9.65. The molecule has 10 nitrogen and oxygen atoms in total. The molecule has 1 saturated heterocycles. The Kier molecular flexibility index (Phi) is 6.87. The lowest BCUT2D eigenvalue weighted by atomic mass is 10.1. The molecule has 2 amide bonds. The summed E-state index contributed by atoms with van der Waals surface area (Å²) in [4.78, 5) is 48.1. The smallest absolute Gasteiger partial charge is 0.252 e. The van der Waals surface area contributed by atoms with Crippen molar-refractivity contribution in [1.82, 2.24) is 19.7 Å². The van der Waals surface area contributed by atoms with E-state index in [1.165, 1.54) is 22.1 Å². The van der Waals surface area contributed by atoms with Crippen molar-refractivity contribution in [2.75, 3.05) is 23.9 Å². The maximum absolute atomic E-state index is 13.3. The molecule has 2 N–H and O–H groups in total. The molecule has 1 aromatic carbocycles. The predicted molar refractivity (Wildman–Crippen MR) is 141 cm³/mol. The number of rotatable bonds is 8. The van der Waals surface area contributed by atoms with Crippen molar-refractivity contribution in [3.8, 4) is 22.3 Å². The number of nitrogens with zero attached hydrogens (tertiary/aromatic N) is 4. The highest BCUT2D eigenvalue weighted by Crippen LogP contribution is 2.30. The molecule has 3 aromatic heterocycles. The van der Waals surface area contributed by atoms with Crippen molar-refractivity contribution >= 4 is 34.7 Å². The topological polar surface area (TPSA) is 122 Å². The molecule has 0 bridgehead atoms. The molecule has 0 saturated carbocycles. The van der Waals surface area contributed by atoms with Crippen LogP contribution in [0.15, 0.2) is 58.7 Å². The monoisotopic (exact) mass is 518 g/mol. The van der Waals surface area contributed by atoms with E-state index in [4.69, 9.17) is 4.74 Å². The number of thiophene rings is 1. The number of H-pyrrole nitrogens is 1. The van der Waals surface area contributed by atoms with Crippen LogP contribution in [-0.4, -0.2) is 45.2 Å². The zero-order chi connectivity index (χ0) is 25.9. The van der Waals surface area contributed by atoms with Crippen LogP contribution in [0.5, 0.6) is 5.75 Å². The van der Waals surface area contributed by atoms with Crippen molar-refractivity contribution in [2.24, 2.45) is 5.92 Å². The fourth-order valence-corrected chi connectivity index (χ4v) is 4.96. The van der Waals surface area contributed by atoms with E-state index in [2.05, 4.69) is 20.4 Å². The van der Waals surface area contributed by atoms with Gasteiger partial charge < -0.3 is 15.0 Å². The molecule has 1 fully saturated rings. The number of benzene rings is 1. The van der Waals surface area contributed by atoms with Crippen LogP contribution in [0.3, 0.4) is 0 Å². The number of aromatic amines is 1. The SMILES string of the molecule is CCCc1cc(=O)[nH]c(-n2nc(-c3cccs3)cc2NC(=O)C2CC(=O)N(c3ccc(OC)cc3)C2)n1. The van der Waals surface area contributed by atoms with Crippen LogP contribution in [0, 0.1) is 5.92 Å². The van der Waals surface area contributed by atoms with Crippen molar-refractivity contribution in [1.29, 1.82) is 0 Å². The Morgan fingerprint density at radius 3 is 2.73 bits per heavy atom. The van der Waals surface area contributed by atoms with Gasteiger partial charge in [0.25, 0.3) is 5.56 Å². The average molecular weight is 519 g/mol. The average Bonchev–Trinajstić information content (AvgIpc) is 3.64. The van der Waals surface area contributed by atoms with E-state index >= 15 is 0 Å². The van der Waals surface area contributed by atoms with Crippen molar-refractivity contribution < 1.29 is 14.3 Å². The third-order valence-corrected chi connectivity index (χ3v) is 7.00. The van der Waals surface area contributed by atoms with E-state index in [1.54, 1.807) is 42.3 Å². The normalized spacial score (nSPS) is 15.2. The molecule has 0 spiro atoms. The zero-order valence-electron chi connectivity index (χ0n) is 20.4. The molecule has 4 heterocycles. The van der Waals surface area contributed by atoms with Gasteiger partial charge in [-0.05, 0) is 42.1 Å². The van der Waals surface area contributed by atoms with Gasteiger partial charge in [0.1, 0.15) is 17.3 Å². The van der Waals surface area contributed by atoms with Crippen LogP contribution in [0.25, 0.3) is 16.5 Å². The second kappa shape index (κ2) is 10.4. The van der Waals surface area contributed by atoms with Gasteiger partial charge in [-0.3, -0.25) is 19.4 Å². The molecular formula is C26H26N6O4S. The first-order chi connectivity index (χ1) is 17.9. The Labute approximate surface area is 216 Å². The van der Waals surface area contributed by atoms with E-state index in [1.807, 2.05) is 24.4 Å². The van der Waals surface area contributed by atoms with Gasteiger partial charge in [0.2, 0.25) is 17.8 Å². The molecule has 1 aliphatic rings. The number of carbonyl (C=O) groups excluding carboxylic acids is 2. The summed E-state index contributed by atoms with van der Waals surface area (Å²) in [5.74, 6) is 0.277. The number of hydrogen-bond donors (Lipinski definition) is 2. The Hall–Kier alpha value is -4.25. The first-order valence-corrected chi connectivity index (χ1v) is 12.8. The molecule has 4 aromatic rings. The number of methoxy groups -OCH3 is 1. The van der Waals surface area contributed by atoms with Crippen LogP contribution in [0.4, 0.5) is 11.5 Å². The molecule has 1 unspecified atom stereocenters. The highest BCUT2D eigenvalue weighted by Gasteiger charge is 2.35. The molecule has 1 aliphatic heterocycles. The van der Waals surface area contributed by atoms with Gasteiger partial charge in [-0.2, -0.15) is 9.78 Å². The zero-order valence-corrected chi connectivity index (χ0v) is 21.2. The summed E-state index contributed by atoms with van der Waals surface area (Å²) in [5, 5.41) is 9.49. The number of hydrogen-bond acceptors (Lipinski definition) is 7. The Morgan fingerprint density at radius 2 is 2.03 bits per heavy atom. The number of carbonyl (C=O) groups is 2. The standard InChI is InChI=1S/C26H26N6O4S/c1-3-5-17-13-23(33)29-26(27-17)32-22(14-20(30-32)21-6-4-11-37-21)28-25(35)16-12-24(34)31(15-16)18-7-9-19(36-2)10-8-18/h4,6-11,13-14,16H,3,5,12,15H2,1-2H3,(H,28,35)(H,27,29,33). The first kappa shape index (κ1) is 24.4. The van der Waals surface area contributed by atoms with E-state index in [9.17, 15) is 14.4 Å². The van der Waals surface area contributed by atoms with E-state index in [0.717, 1.165) is 11.3 Å². The van der Waals surface area contributed by atoms with Crippen molar-refractivity contribution in [3.63, 3.8) is 0 Å². The molecule has 0 aliphatic carbocycles. The lowest BCUT2D eigenvalue weighted by Crippen LogP contribution is -2.28. The van der Waals surface area contributed by atoms with E-state index < -0.39 is 5.92 Å². The van der Waals surface area contributed by atoms with Gasteiger partial charge in [0.15, 0.2) is 0 Å². The summed E-state index contributed by atoms with van der Waals surface area (Å²) in [7, 11) is 1.58. The molecule has 0 radical (unpaired) electrons. The summed E-state index contributed by atoms with van der Waals surface area (Å²) >= 11 is 1.51. The lowest BCUT2D eigenvalue weighted by Gasteiger charge is -2.17. The number of anilines is 2. The van der Waals surface area contributed by atoms with Gasteiger partial charge in [-0.25, -0.2) is 4.98 Å². The van der Waals surface area contributed by atoms with Crippen LogP contribution in [0.2, 0.25) is 0 Å². The minimum absolute atomic E-state index is 0.0881. The van der Waals surface area contributed by atoms with Crippen LogP contribution in [0.1, 0.15) is 25.5 Å². The summed E-state index contributed by atoms with van der Waals surface area (Å²) in [5.41, 5.74) is 1.69. The number of amides is 2. The third-order valence-electron chi connectivity index (χ3n) is 6.10. The Morgan fingerprint density at radius 1 is 1.22 bits per heavy atom. The molecule has 1 atom stereocenters. The van der Waals surface area contributed by atoms with Gasteiger partial charge in [-0.15, -0.1) is 11.3 Å². The molecule has 11 heteroatoms. The van der Waals surface area contributed by atoms with Gasteiger partial charge in [0, 0.05) is 36.5 Å². The van der Waals surface area contributed by atoms with E-state index in [0.29, 0.717) is 35.1 Å². The van der Waals surface area contributed by atoms with Gasteiger partial charge >= 0.3 is 0 Å². The first-order valence-electron chi connectivity index (χ1n) is 11.9. The minimum atomic E-state index is -0.554. The fourth-order valence-electron chi connectivity index (χ4n) is 4.28. The van der Waals surface area contributed by atoms with Gasteiger partial charge in [0.05, 0.1) is 17.9 Å². The third kappa shape index (κ3) is 5.17. The van der Waals surface area contributed by atoms with Crippen LogP contribution in [-0.2, 0) is 16.0 Å². The van der Waals surface area contributed by atoms with Crippen LogP contribution >= 0.6 is 11.3 Å². The number of aryl methyl sites for hydroxylation is 1. The Bertz CT molecular complexity index is 1480. The van der Waals surface area contributed by atoms with Gasteiger partial charge in [-0.1, -0.05) is 19.4 Å². The molecular weight excluding hydrogens is 492 g/mol. The molecule has 5 rings (SSSR count). The summed E-state index contributed by atoms with van der Waals surface area (Å²) in [6, 6.07) is 14.2. The highest BCUT2D eigenvalue weighted by atomic mass is 32.1. The number of ether oxygens (including phenoxy) is 1. The Balaban J connectivity index is 1.42. The minimum Gasteiger partial charge on any atom is -0.497 e. The number of aromatic nitrogens is 4. The predicted octanol–water partition coefficient (Wildman–Crippen LogP) is 3.64. The lowest BCUT2D eigenvalue weighted by molar-refractivity contribution is -0.122. The molecule has 190 valence electrons. The largest absolute Gasteiger partial charge is 0.497 e. The summed E-state index contributed by atoms with van der Waals surface area (Å²) in [6.07, 6.45) is 1.56. The summed E-state index contributed by atoms with van der Waals surface area (Å²) < 4.78 is 6.62. The van der Waals surface area contributed by atoms with Crippen molar-refractivity contribution in [3.05, 3.63) is 70.0 Å². The quantitative estimate of drug-likeness (QED) is 0.367. The van der Waals surface area contributed by atoms with E-state index in [-0.39, 0.29) is 36.3 Å². The maximum Gasteiger partial charge on any atom is 0.252 e. The fraction of sp³-hybridized carbons (Fsp3) is 0.269. The molecule has 37 heavy (non-hydrogen) atoms.